The van der Waals surface area contributed by atoms with Gasteiger partial charge >= 0.3 is 0 Å². The van der Waals surface area contributed by atoms with Crippen LogP contribution in [-0.4, -0.2) is 44.8 Å². The highest BCUT2D eigenvalue weighted by atomic mass is 35.5. The normalized spacial score (nSPS) is 14.9. The van der Waals surface area contributed by atoms with Crippen LogP contribution in [0.4, 0.5) is 9.18 Å². The van der Waals surface area contributed by atoms with Crippen molar-refractivity contribution >= 4 is 46.5 Å². The number of carbonyl (C=O) groups excluding carboxylic acids is 3. The predicted molar refractivity (Wildman–Crippen MR) is 125 cm³/mol. The number of rotatable bonds is 6. The number of nitrogens with one attached hydrogen (secondary N) is 1. The van der Waals surface area contributed by atoms with Crippen LogP contribution in [0.2, 0.25) is 5.15 Å². The second-order valence-corrected chi connectivity index (χ2v) is 8.49. The topological polar surface area (TPSA) is 84.3 Å². The van der Waals surface area contributed by atoms with Gasteiger partial charge in [-0.3, -0.25) is 19.3 Å². The molecule has 7 nitrogen and oxygen atoms in total. The third-order valence-corrected chi connectivity index (χ3v) is 6.15. The lowest BCUT2D eigenvalue weighted by Crippen LogP contribution is -2.37. The maximum Gasteiger partial charge on any atom is 0.293 e. The Labute approximate surface area is 198 Å². The zero-order chi connectivity index (χ0) is 23.5. The number of nitrogens with zero attached hydrogens (tertiary/aromatic N) is 3. The van der Waals surface area contributed by atoms with Gasteiger partial charge in [0.1, 0.15) is 11.0 Å². The summed E-state index contributed by atoms with van der Waals surface area (Å²) in [5.74, 6) is -1.29. The minimum atomic E-state index is -0.488. The minimum Gasteiger partial charge on any atom is -0.350 e. The Morgan fingerprint density at radius 2 is 1.85 bits per heavy atom. The van der Waals surface area contributed by atoms with E-state index in [1.807, 2.05) is 30.3 Å². The number of aromatic nitrogens is 2. The van der Waals surface area contributed by atoms with E-state index in [0.29, 0.717) is 16.3 Å². The third-order valence-electron chi connectivity index (χ3n) is 4.89. The molecule has 0 bridgehead atoms. The van der Waals surface area contributed by atoms with Crippen LogP contribution < -0.4 is 5.32 Å². The summed E-state index contributed by atoms with van der Waals surface area (Å²) in [6.45, 7) is 1.70. The number of hydrogen-bond acceptors (Lipinski definition) is 5. The quantitative estimate of drug-likeness (QED) is 0.523. The molecule has 1 fully saturated rings. The van der Waals surface area contributed by atoms with Crippen LogP contribution in [0.15, 0.2) is 59.5 Å². The summed E-state index contributed by atoms with van der Waals surface area (Å²) in [5.41, 5.74) is 1.88. The van der Waals surface area contributed by atoms with E-state index < -0.39 is 22.9 Å². The van der Waals surface area contributed by atoms with Gasteiger partial charge in [0.25, 0.3) is 17.1 Å². The molecule has 4 rings (SSSR count). The van der Waals surface area contributed by atoms with Gasteiger partial charge in [0.15, 0.2) is 0 Å². The van der Waals surface area contributed by atoms with Crippen molar-refractivity contribution in [2.75, 3.05) is 13.1 Å². The first-order valence-electron chi connectivity index (χ1n) is 9.95. The summed E-state index contributed by atoms with van der Waals surface area (Å²) < 4.78 is 14.5. The van der Waals surface area contributed by atoms with Crippen LogP contribution in [0, 0.1) is 12.7 Å². The Bertz CT molecular complexity index is 1260. The Hall–Kier alpha value is -3.43. The largest absolute Gasteiger partial charge is 0.350 e. The average molecular weight is 485 g/mol. The fourth-order valence-electron chi connectivity index (χ4n) is 3.27. The van der Waals surface area contributed by atoms with E-state index in [1.54, 1.807) is 13.0 Å². The van der Waals surface area contributed by atoms with E-state index in [2.05, 4.69) is 10.4 Å². The second-order valence-electron chi connectivity index (χ2n) is 7.14. The van der Waals surface area contributed by atoms with Crippen molar-refractivity contribution < 1.29 is 18.8 Å². The van der Waals surface area contributed by atoms with Crippen LogP contribution in [-0.2, 0) is 4.79 Å². The monoisotopic (exact) mass is 484 g/mol. The van der Waals surface area contributed by atoms with Crippen LogP contribution in [0.3, 0.4) is 0 Å². The molecule has 0 aliphatic carbocycles. The van der Waals surface area contributed by atoms with Crippen molar-refractivity contribution in [1.82, 2.24) is 20.0 Å². The zero-order valence-corrected chi connectivity index (χ0v) is 19.0. The molecule has 0 unspecified atom stereocenters. The fourth-order valence-corrected chi connectivity index (χ4v) is 4.50. The SMILES string of the molecule is Cc1nn(-c2ccc(F)cc2)c(Cl)c1C(=O)NCCN1C(=O)S/C(=C\c2ccccc2)C1=O. The summed E-state index contributed by atoms with van der Waals surface area (Å²) >= 11 is 7.23. The molecule has 1 aliphatic heterocycles. The van der Waals surface area contributed by atoms with E-state index in [4.69, 9.17) is 11.6 Å². The molecule has 0 spiro atoms. The van der Waals surface area contributed by atoms with Gasteiger partial charge in [0.2, 0.25) is 0 Å². The van der Waals surface area contributed by atoms with Crippen molar-refractivity contribution in [2.45, 2.75) is 6.92 Å². The first kappa shape index (κ1) is 22.8. The van der Waals surface area contributed by atoms with E-state index in [-0.39, 0.29) is 23.8 Å². The van der Waals surface area contributed by atoms with Gasteiger partial charge in [0.05, 0.1) is 21.8 Å². The third kappa shape index (κ3) is 4.84. The van der Waals surface area contributed by atoms with Gasteiger partial charge < -0.3 is 5.32 Å². The maximum atomic E-state index is 13.2. The van der Waals surface area contributed by atoms with E-state index >= 15 is 0 Å². The molecule has 0 atom stereocenters. The molecule has 10 heteroatoms. The molecule has 0 saturated carbocycles. The first-order valence-corrected chi connectivity index (χ1v) is 11.1. The lowest BCUT2D eigenvalue weighted by atomic mass is 10.2. The van der Waals surface area contributed by atoms with E-state index in [1.165, 1.54) is 28.9 Å². The second kappa shape index (κ2) is 9.60. The maximum absolute atomic E-state index is 13.2. The predicted octanol–water partition coefficient (Wildman–Crippen LogP) is 4.44. The Morgan fingerprint density at radius 1 is 1.15 bits per heavy atom. The lowest BCUT2D eigenvalue weighted by molar-refractivity contribution is -0.122. The van der Waals surface area contributed by atoms with Gasteiger partial charge in [-0.1, -0.05) is 41.9 Å². The van der Waals surface area contributed by atoms with Crippen LogP contribution in [0.25, 0.3) is 11.8 Å². The Kier molecular flexibility index (Phi) is 6.62. The van der Waals surface area contributed by atoms with E-state index in [0.717, 1.165) is 22.2 Å². The number of carbonyl (C=O) groups is 3. The molecule has 0 radical (unpaired) electrons. The standard InChI is InChI=1S/C23H18ClFN4O3S/c1-14-19(20(24)29(27-14)17-9-7-16(25)8-10-17)21(30)26-11-12-28-22(31)18(33-23(28)32)13-15-5-3-2-4-6-15/h2-10,13H,11-12H2,1H3,(H,26,30)/b18-13-. The number of halogens is 2. The van der Waals surface area contributed by atoms with Gasteiger partial charge in [-0.25, -0.2) is 9.07 Å². The summed E-state index contributed by atoms with van der Waals surface area (Å²) in [6.07, 6.45) is 1.66. The summed E-state index contributed by atoms with van der Waals surface area (Å²) in [5, 5.41) is 6.62. The average Bonchev–Trinajstić information content (AvgIpc) is 3.24. The highest BCUT2D eigenvalue weighted by Gasteiger charge is 2.34. The summed E-state index contributed by atoms with van der Waals surface area (Å²) in [6, 6.07) is 14.8. The van der Waals surface area contributed by atoms with Crippen LogP contribution in [0.5, 0.6) is 0 Å². The zero-order valence-electron chi connectivity index (χ0n) is 17.4. The molecule has 1 N–H and O–H groups in total. The molecule has 2 heterocycles. The van der Waals surface area contributed by atoms with Crippen molar-refractivity contribution in [3.05, 3.63) is 87.3 Å². The van der Waals surface area contributed by atoms with Gasteiger partial charge in [-0.2, -0.15) is 5.10 Å². The molecule has 1 aliphatic rings. The molecule has 2 aromatic carbocycles. The molecular formula is C23H18ClFN4O3S. The van der Waals surface area contributed by atoms with Gasteiger partial charge in [-0.15, -0.1) is 0 Å². The highest BCUT2D eigenvalue weighted by molar-refractivity contribution is 8.18. The minimum absolute atomic E-state index is 0.0191. The number of aryl methyl sites for hydroxylation is 1. The highest BCUT2D eigenvalue weighted by Crippen LogP contribution is 2.32. The van der Waals surface area contributed by atoms with Crippen LogP contribution in [0.1, 0.15) is 21.6 Å². The number of imide groups is 1. The number of benzene rings is 2. The Balaban J connectivity index is 1.41. The molecule has 168 valence electrons. The van der Waals surface area contributed by atoms with Crippen molar-refractivity contribution in [3.8, 4) is 5.69 Å². The van der Waals surface area contributed by atoms with Crippen molar-refractivity contribution in [2.24, 2.45) is 0 Å². The molecule has 1 saturated heterocycles. The van der Waals surface area contributed by atoms with E-state index in [9.17, 15) is 18.8 Å². The van der Waals surface area contributed by atoms with Crippen LogP contribution >= 0.6 is 23.4 Å². The summed E-state index contributed by atoms with van der Waals surface area (Å²) in [7, 11) is 0. The molecule has 33 heavy (non-hydrogen) atoms. The van der Waals surface area contributed by atoms with Crippen molar-refractivity contribution in [3.63, 3.8) is 0 Å². The van der Waals surface area contributed by atoms with Gasteiger partial charge in [0, 0.05) is 13.1 Å². The lowest BCUT2D eigenvalue weighted by Gasteiger charge is -2.13. The van der Waals surface area contributed by atoms with Gasteiger partial charge in [-0.05, 0) is 54.6 Å². The van der Waals surface area contributed by atoms with Crippen molar-refractivity contribution in [1.29, 1.82) is 0 Å². The number of thioether (sulfide) groups is 1. The molecular weight excluding hydrogens is 467 g/mol. The molecule has 1 aromatic heterocycles. The number of amides is 3. The molecule has 3 amide bonds. The fraction of sp³-hybridized carbons (Fsp3) is 0.130. The number of hydrogen-bond donors (Lipinski definition) is 1. The smallest absolute Gasteiger partial charge is 0.293 e. The molecule has 3 aromatic rings. The first-order chi connectivity index (χ1) is 15.8. The summed E-state index contributed by atoms with van der Waals surface area (Å²) in [4.78, 5) is 39.0. The Morgan fingerprint density at radius 3 is 2.55 bits per heavy atom.